The third-order valence-corrected chi connectivity index (χ3v) is 4.67. The van der Waals surface area contributed by atoms with Crippen LogP contribution in [0.5, 0.6) is 11.5 Å². The van der Waals surface area contributed by atoms with E-state index in [0.717, 1.165) is 23.5 Å². The Morgan fingerprint density at radius 3 is 2.88 bits per heavy atom. The first kappa shape index (κ1) is 15.7. The van der Waals surface area contributed by atoms with Gasteiger partial charge in [-0.15, -0.1) is 0 Å². The Hall–Kier alpha value is -2.76. The molecule has 1 N–H and O–H groups in total. The van der Waals surface area contributed by atoms with E-state index >= 15 is 0 Å². The Morgan fingerprint density at radius 2 is 2.16 bits per heavy atom. The molecule has 0 saturated heterocycles. The summed E-state index contributed by atoms with van der Waals surface area (Å²) in [6.07, 6.45) is 3.84. The number of carbonyl (C=O) groups is 1. The summed E-state index contributed by atoms with van der Waals surface area (Å²) < 4.78 is 13.5. The molecule has 0 unspecified atom stereocenters. The number of carboxylic acid groups (broad SMARTS) is 1. The van der Waals surface area contributed by atoms with Crippen molar-refractivity contribution in [1.82, 2.24) is 4.57 Å². The zero-order valence-corrected chi connectivity index (χ0v) is 13.9. The molecule has 2 aliphatic rings. The number of rotatable bonds is 4. The average molecular weight is 341 g/mol. The van der Waals surface area contributed by atoms with Crippen molar-refractivity contribution in [1.29, 1.82) is 0 Å². The van der Waals surface area contributed by atoms with Gasteiger partial charge in [0.1, 0.15) is 23.7 Å². The van der Waals surface area contributed by atoms with Crippen molar-refractivity contribution in [3.63, 3.8) is 0 Å². The van der Waals surface area contributed by atoms with Gasteiger partial charge in [-0.05, 0) is 37.3 Å². The van der Waals surface area contributed by atoms with Crippen molar-refractivity contribution < 1.29 is 19.4 Å². The molecule has 0 spiro atoms. The fourth-order valence-electron chi connectivity index (χ4n) is 3.04. The molecule has 1 fully saturated rings. The highest BCUT2D eigenvalue weighted by molar-refractivity contribution is 5.87. The Labute approximate surface area is 144 Å². The first-order valence-electron chi connectivity index (χ1n) is 8.41. The minimum atomic E-state index is -1.22. The molecular formula is C19H19NO5. The third-order valence-electron chi connectivity index (χ3n) is 4.67. The smallest absolute Gasteiger partial charge is 0.341 e. The van der Waals surface area contributed by atoms with Crippen LogP contribution in [-0.4, -0.2) is 28.9 Å². The second-order valence-corrected chi connectivity index (χ2v) is 6.65. The summed E-state index contributed by atoms with van der Waals surface area (Å²) in [7, 11) is 0. The van der Waals surface area contributed by atoms with Crippen LogP contribution in [0.2, 0.25) is 0 Å². The number of hydrogen-bond donors (Lipinski definition) is 1. The maximum atomic E-state index is 12.1. The van der Waals surface area contributed by atoms with Crippen molar-refractivity contribution in [3.05, 3.63) is 45.7 Å². The number of aromatic nitrogens is 1. The summed E-state index contributed by atoms with van der Waals surface area (Å²) in [4.78, 5) is 23.3. The van der Waals surface area contributed by atoms with Gasteiger partial charge >= 0.3 is 5.97 Å². The van der Waals surface area contributed by atoms with Gasteiger partial charge in [0, 0.05) is 23.9 Å². The van der Waals surface area contributed by atoms with Gasteiger partial charge in [0.15, 0.2) is 5.43 Å². The van der Waals surface area contributed by atoms with Gasteiger partial charge in [0.25, 0.3) is 0 Å². The predicted octanol–water partition coefficient (Wildman–Crippen LogP) is 2.70. The molecule has 130 valence electrons. The van der Waals surface area contributed by atoms with Gasteiger partial charge in [-0.2, -0.15) is 0 Å². The SMILES string of the molecule is Cc1cc2c(cc1OCC1CC1)OCCn1cc(C(=O)O)c(=O)cc1-2. The standard InChI is InChI=1S/C19H19NO5/c1-11-6-13-15-7-16(21)14(19(22)23)9-20(15)4-5-24-18(13)8-17(11)25-10-12-2-3-12/h6-9,12H,2-5,10H2,1H3,(H,22,23). The lowest BCUT2D eigenvalue weighted by molar-refractivity contribution is 0.0694. The Kier molecular flexibility index (Phi) is 3.75. The van der Waals surface area contributed by atoms with Crippen molar-refractivity contribution in [2.45, 2.75) is 26.3 Å². The van der Waals surface area contributed by atoms with E-state index in [1.54, 1.807) is 4.57 Å². The molecule has 6 heteroatoms. The van der Waals surface area contributed by atoms with E-state index in [9.17, 15) is 9.59 Å². The van der Waals surface area contributed by atoms with Crippen LogP contribution in [0.25, 0.3) is 11.3 Å². The molecule has 0 bridgehead atoms. The van der Waals surface area contributed by atoms with E-state index in [-0.39, 0.29) is 5.56 Å². The molecule has 1 saturated carbocycles. The highest BCUT2D eigenvalue weighted by Gasteiger charge is 2.24. The number of fused-ring (bicyclic) bond motifs is 3. The van der Waals surface area contributed by atoms with Crippen LogP contribution in [0, 0.1) is 12.8 Å². The number of aromatic carboxylic acids is 1. The van der Waals surface area contributed by atoms with E-state index in [0.29, 0.717) is 30.5 Å². The summed E-state index contributed by atoms with van der Waals surface area (Å²) >= 11 is 0. The predicted molar refractivity (Wildman–Crippen MR) is 91.5 cm³/mol. The minimum absolute atomic E-state index is 0.228. The van der Waals surface area contributed by atoms with Gasteiger partial charge in [-0.3, -0.25) is 4.79 Å². The lowest BCUT2D eigenvalue weighted by atomic mass is 10.0. The van der Waals surface area contributed by atoms with E-state index in [4.69, 9.17) is 14.6 Å². The summed E-state index contributed by atoms with van der Waals surface area (Å²) in [6.45, 7) is 3.55. The summed E-state index contributed by atoms with van der Waals surface area (Å²) in [5, 5.41) is 9.16. The normalized spacial score (nSPS) is 15.6. The number of nitrogens with zero attached hydrogens (tertiary/aromatic N) is 1. The van der Waals surface area contributed by atoms with Crippen molar-refractivity contribution in [2.75, 3.05) is 13.2 Å². The number of aryl methyl sites for hydroxylation is 1. The number of benzene rings is 1. The quantitative estimate of drug-likeness (QED) is 0.925. The molecule has 1 aromatic carbocycles. The first-order chi connectivity index (χ1) is 12.0. The molecule has 6 nitrogen and oxygen atoms in total. The lowest BCUT2D eigenvalue weighted by Gasteiger charge is -2.15. The van der Waals surface area contributed by atoms with Crippen LogP contribution in [0.4, 0.5) is 0 Å². The molecule has 2 heterocycles. The molecule has 4 rings (SSSR count). The molecule has 1 aliphatic heterocycles. The van der Waals surface area contributed by atoms with E-state index in [1.807, 2.05) is 19.1 Å². The maximum absolute atomic E-state index is 12.1. The highest BCUT2D eigenvalue weighted by atomic mass is 16.5. The van der Waals surface area contributed by atoms with Crippen molar-refractivity contribution in [2.24, 2.45) is 5.92 Å². The molecule has 0 radical (unpaired) electrons. The number of hydrogen-bond acceptors (Lipinski definition) is 4. The van der Waals surface area contributed by atoms with Crippen LogP contribution in [0.3, 0.4) is 0 Å². The average Bonchev–Trinajstić information content (AvgIpc) is 3.40. The summed E-state index contributed by atoms with van der Waals surface area (Å²) in [5.74, 6) is 0.896. The summed E-state index contributed by atoms with van der Waals surface area (Å²) in [5.41, 5.74) is 1.68. The molecule has 25 heavy (non-hydrogen) atoms. The molecule has 2 aromatic rings. The highest BCUT2D eigenvalue weighted by Crippen LogP contribution is 2.38. The second-order valence-electron chi connectivity index (χ2n) is 6.65. The Morgan fingerprint density at radius 1 is 1.36 bits per heavy atom. The van der Waals surface area contributed by atoms with Crippen molar-refractivity contribution >= 4 is 5.97 Å². The molecule has 1 aromatic heterocycles. The van der Waals surface area contributed by atoms with Crippen LogP contribution < -0.4 is 14.9 Å². The summed E-state index contributed by atoms with van der Waals surface area (Å²) in [6, 6.07) is 5.19. The fourth-order valence-corrected chi connectivity index (χ4v) is 3.04. The Balaban J connectivity index is 1.78. The number of pyridine rings is 1. The lowest BCUT2D eigenvalue weighted by Crippen LogP contribution is -2.19. The van der Waals surface area contributed by atoms with Gasteiger partial charge in [-0.1, -0.05) is 0 Å². The van der Waals surface area contributed by atoms with Crippen LogP contribution in [0.15, 0.2) is 29.2 Å². The van der Waals surface area contributed by atoms with Crippen molar-refractivity contribution in [3.8, 4) is 22.8 Å². The number of carboxylic acids is 1. The largest absolute Gasteiger partial charge is 0.493 e. The second kappa shape index (κ2) is 5.95. The fraction of sp³-hybridized carbons (Fsp3) is 0.368. The van der Waals surface area contributed by atoms with Crippen LogP contribution in [0.1, 0.15) is 28.8 Å². The maximum Gasteiger partial charge on any atom is 0.341 e. The third kappa shape index (κ3) is 2.99. The van der Waals surface area contributed by atoms with Gasteiger partial charge < -0.3 is 19.1 Å². The van der Waals surface area contributed by atoms with Gasteiger partial charge in [-0.25, -0.2) is 4.79 Å². The van der Waals surface area contributed by atoms with E-state index in [2.05, 4.69) is 0 Å². The monoisotopic (exact) mass is 341 g/mol. The molecule has 1 aliphatic carbocycles. The molecule has 0 atom stereocenters. The van der Waals surface area contributed by atoms with Crippen LogP contribution >= 0.6 is 0 Å². The van der Waals surface area contributed by atoms with Gasteiger partial charge in [0.2, 0.25) is 0 Å². The molecule has 0 amide bonds. The van der Waals surface area contributed by atoms with E-state index in [1.165, 1.54) is 25.1 Å². The first-order valence-corrected chi connectivity index (χ1v) is 8.41. The van der Waals surface area contributed by atoms with E-state index < -0.39 is 11.4 Å². The minimum Gasteiger partial charge on any atom is -0.493 e. The van der Waals surface area contributed by atoms with Crippen LogP contribution in [-0.2, 0) is 6.54 Å². The number of ether oxygens (including phenoxy) is 2. The zero-order valence-electron chi connectivity index (χ0n) is 13.9. The van der Waals surface area contributed by atoms with Gasteiger partial charge in [0.05, 0.1) is 18.8 Å². The zero-order chi connectivity index (χ0) is 17.6. The topological polar surface area (TPSA) is 77.8 Å². The Bertz CT molecular complexity index is 911. The molecular weight excluding hydrogens is 322 g/mol.